The summed E-state index contributed by atoms with van der Waals surface area (Å²) in [6.07, 6.45) is 0.338. The van der Waals surface area contributed by atoms with Crippen molar-refractivity contribution in [3.8, 4) is 11.5 Å². The van der Waals surface area contributed by atoms with Gasteiger partial charge in [-0.3, -0.25) is 9.59 Å². The second kappa shape index (κ2) is 8.91. The molecule has 0 atom stereocenters. The van der Waals surface area contributed by atoms with Crippen molar-refractivity contribution in [2.45, 2.75) is 26.3 Å². The number of fused-ring (bicyclic) bond motifs is 1. The molecule has 0 aliphatic carbocycles. The normalized spacial score (nSPS) is 12.5. The summed E-state index contributed by atoms with van der Waals surface area (Å²) in [6.45, 7) is 3.93. The van der Waals surface area contributed by atoms with Gasteiger partial charge >= 0.3 is 0 Å². The lowest BCUT2D eigenvalue weighted by atomic mass is 10.1. The largest absolute Gasteiger partial charge is 0.486 e. The molecule has 0 spiro atoms. The molecule has 1 aliphatic heterocycles. The van der Waals surface area contributed by atoms with E-state index in [9.17, 15) is 9.59 Å². The van der Waals surface area contributed by atoms with Crippen LogP contribution in [0.5, 0.6) is 11.5 Å². The van der Waals surface area contributed by atoms with E-state index in [0.717, 1.165) is 5.56 Å². The Bertz CT molecular complexity index is 819. The zero-order chi connectivity index (χ0) is 19.2. The van der Waals surface area contributed by atoms with E-state index < -0.39 is 0 Å². The smallest absolute Gasteiger partial charge is 0.223 e. The van der Waals surface area contributed by atoms with Crippen LogP contribution in [0.3, 0.4) is 0 Å². The summed E-state index contributed by atoms with van der Waals surface area (Å²) in [5.41, 5.74) is 1.48. The van der Waals surface area contributed by atoms with Crippen LogP contribution in [0.4, 0.5) is 0 Å². The Morgan fingerprint density at radius 3 is 2.52 bits per heavy atom. The number of nitrogens with zero attached hydrogens (tertiary/aromatic N) is 1. The fourth-order valence-corrected chi connectivity index (χ4v) is 3.13. The number of carbonyl (C=O) groups is 2. The number of para-hydroxylation sites is 1. The maximum absolute atomic E-state index is 12.6. The van der Waals surface area contributed by atoms with Crippen LogP contribution in [0.1, 0.15) is 35.7 Å². The van der Waals surface area contributed by atoms with Gasteiger partial charge in [-0.05, 0) is 37.3 Å². The lowest BCUT2D eigenvalue weighted by Crippen LogP contribution is -2.31. The fraction of sp³-hybridized carbons (Fsp3) is 0.333. The molecule has 0 saturated carbocycles. The molecule has 0 N–H and O–H groups in total. The highest BCUT2D eigenvalue weighted by atomic mass is 35.5. The molecule has 2 aromatic rings. The first-order chi connectivity index (χ1) is 13.1. The molecule has 27 heavy (non-hydrogen) atoms. The molecular formula is C21H22ClNO4. The SMILES string of the molecule is CCN(Cc1cccc2c1OCCO2)C(=O)CCC(=O)c1ccc(Cl)cc1. The van der Waals surface area contributed by atoms with Crippen molar-refractivity contribution in [3.63, 3.8) is 0 Å². The topological polar surface area (TPSA) is 55.8 Å². The molecule has 2 aromatic carbocycles. The lowest BCUT2D eigenvalue weighted by Gasteiger charge is -2.25. The van der Waals surface area contributed by atoms with Gasteiger partial charge in [0, 0.05) is 42.1 Å². The molecule has 0 unspecified atom stereocenters. The van der Waals surface area contributed by atoms with Gasteiger partial charge in [-0.1, -0.05) is 23.7 Å². The van der Waals surface area contributed by atoms with Crippen LogP contribution in [0.2, 0.25) is 5.02 Å². The van der Waals surface area contributed by atoms with E-state index in [1.165, 1.54) is 0 Å². The number of hydrogen-bond acceptors (Lipinski definition) is 4. The van der Waals surface area contributed by atoms with Crippen LogP contribution in [-0.2, 0) is 11.3 Å². The van der Waals surface area contributed by atoms with Crippen molar-refractivity contribution < 1.29 is 19.1 Å². The van der Waals surface area contributed by atoms with Crippen LogP contribution >= 0.6 is 11.6 Å². The summed E-state index contributed by atoms with van der Waals surface area (Å²) in [6, 6.07) is 12.4. The highest BCUT2D eigenvalue weighted by Gasteiger charge is 2.20. The molecule has 1 aliphatic rings. The van der Waals surface area contributed by atoms with Crippen molar-refractivity contribution in [1.29, 1.82) is 0 Å². The van der Waals surface area contributed by atoms with E-state index in [1.807, 2.05) is 25.1 Å². The van der Waals surface area contributed by atoms with Crippen molar-refractivity contribution in [2.24, 2.45) is 0 Å². The second-order valence-corrected chi connectivity index (χ2v) is 6.72. The average molecular weight is 388 g/mol. The molecule has 142 valence electrons. The number of ketones is 1. The van der Waals surface area contributed by atoms with Gasteiger partial charge in [0.15, 0.2) is 17.3 Å². The average Bonchev–Trinajstić information content (AvgIpc) is 2.70. The van der Waals surface area contributed by atoms with E-state index in [1.54, 1.807) is 29.2 Å². The van der Waals surface area contributed by atoms with Gasteiger partial charge < -0.3 is 14.4 Å². The van der Waals surface area contributed by atoms with Crippen LogP contribution < -0.4 is 9.47 Å². The summed E-state index contributed by atoms with van der Waals surface area (Å²) < 4.78 is 11.3. The molecule has 6 heteroatoms. The Hall–Kier alpha value is -2.53. The molecule has 0 radical (unpaired) electrons. The maximum Gasteiger partial charge on any atom is 0.223 e. The number of ether oxygens (including phenoxy) is 2. The van der Waals surface area contributed by atoms with Crippen molar-refractivity contribution in [2.75, 3.05) is 19.8 Å². The minimum atomic E-state index is -0.0649. The third-order valence-electron chi connectivity index (χ3n) is 4.48. The Morgan fingerprint density at radius 1 is 1.04 bits per heavy atom. The summed E-state index contributed by atoms with van der Waals surface area (Å²) in [4.78, 5) is 26.6. The summed E-state index contributed by atoms with van der Waals surface area (Å²) >= 11 is 5.84. The van der Waals surface area contributed by atoms with E-state index in [-0.39, 0.29) is 24.5 Å². The molecular weight excluding hydrogens is 366 g/mol. The van der Waals surface area contributed by atoms with Crippen LogP contribution in [0, 0.1) is 0 Å². The summed E-state index contributed by atoms with van der Waals surface area (Å²) in [5, 5.41) is 0.581. The molecule has 1 heterocycles. The minimum Gasteiger partial charge on any atom is -0.486 e. The maximum atomic E-state index is 12.6. The first kappa shape index (κ1) is 19.2. The number of benzene rings is 2. The van der Waals surface area contributed by atoms with Crippen molar-refractivity contribution >= 4 is 23.3 Å². The first-order valence-corrected chi connectivity index (χ1v) is 9.40. The Balaban J connectivity index is 1.61. The molecule has 1 amide bonds. The van der Waals surface area contributed by atoms with E-state index in [4.69, 9.17) is 21.1 Å². The fourth-order valence-electron chi connectivity index (χ4n) is 3.00. The van der Waals surface area contributed by atoms with Crippen molar-refractivity contribution in [1.82, 2.24) is 4.90 Å². The minimum absolute atomic E-state index is 0.0610. The summed E-state index contributed by atoms with van der Waals surface area (Å²) in [7, 11) is 0. The van der Waals surface area contributed by atoms with Gasteiger partial charge in [-0.2, -0.15) is 0 Å². The molecule has 0 saturated heterocycles. The Morgan fingerprint density at radius 2 is 1.78 bits per heavy atom. The zero-order valence-electron chi connectivity index (χ0n) is 15.2. The number of halogens is 1. The van der Waals surface area contributed by atoms with E-state index >= 15 is 0 Å². The Labute approximate surface area is 163 Å². The van der Waals surface area contributed by atoms with E-state index in [2.05, 4.69) is 0 Å². The highest BCUT2D eigenvalue weighted by Crippen LogP contribution is 2.34. The van der Waals surface area contributed by atoms with Gasteiger partial charge in [-0.25, -0.2) is 0 Å². The summed E-state index contributed by atoms with van der Waals surface area (Å²) in [5.74, 6) is 1.28. The molecule has 3 rings (SSSR count). The van der Waals surface area contributed by atoms with E-state index in [0.29, 0.717) is 48.4 Å². The predicted octanol–water partition coefficient (Wildman–Crippen LogP) is 4.12. The predicted molar refractivity (Wildman–Crippen MR) is 104 cm³/mol. The first-order valence-electron chi connectivity index (χ1n) is 9.02. The Kier molecular flexibility index (Phi) is 6.35. The molecule has 5 nitrogen and oxygen atoms in total. The molecule has 0 fully saturated rings. The van der Waals surface area contributed by atoms with Crippen LogP contribution in [0.15, 0.2) is 42.5 Å². The van der Waals surface area contributed by atoms with Gasteiger partial charge in [0.05, 0.1) is 0 Å². The number of rotatable bonds is 7. The third-order valence-corrected chi connectivity index (χ3v) is 4.73. The molecule has 0 bridgehead atoms. The number of Topliss-reactive ketones (excluding diaryl/α,β-unsaturated/α-hetero) is 1. The van der Waals surface area contributed by atoms with Crippen LogP contribution in [-0.4, -0.2) is 36.3 Å². The quantitative estimate of drug-likeness (QED) is 0.670. The zero-order valence-corrected chi connectivity index (χ0v) is 16.0. The number of amides is 1. The lowest BCUT2D eigenvalue weighted by molar-refractivity contribution is -0.131. The standard InChI is InChI=1S/C21H22ClNO4/c1-2-23(14-16-4-3-5-19-21(16)27-13-12-26-19)20(25)11-10-18(24)15-6-8-17(22)9-7-15/h3-9H,2,10-14H2,1H3. The highest BCUT2D eigenvalue weighted by molar-refractivity contribution is 6.30. The third kappa shape index (κ3) is 4.80. The number of hydrogen-bond donors (Lipinski definition) is 0. The second-order valence-electron chi connectivity index (χ2n) is 6.28. The van der Waals surface area contributed by atoms with Gasteiger partial charge in [-0.15, -0.1) is 0 Å². The number of carbonyl (C=O) groups excluding carboxylic acids is 2. The van der Waals surface area contributed by atoms with Gasteiger partial charge in [0.1, 0.15) is 13.2 Å². The molecule has 0 aromatic heterocycles. The monoisotopic (exact) mass is 387 g/mol. The van der Waals surface area contributed by atoms with Crippen LogP contribution in [0.25, 0.3) is 0 Å². The van der Waals surface area contributed by atoms with Crippen molar-refractivity contribution in [3.05, 3.63) is 58.6 Å². The van der Waals surface area contributed by atoms with Gasteiger partial charge in [0.25, 0.3) is 0 Å². The van der Waals surface area contributed by atoms with Gasteiger partial charge in [0.2, 0.25) is 5.91 Å².